The SMILES string of the molecule is COc1cc(Cl)c(S(=O)[O-])cc1C(=O)[O-].[Na+].[Na+]. The van der Waals surface area contributed by atoms with E-state index in [1.54, 1.807) is 0 Å². The van der Waals surface area contributed by atoms with Gasteiger partial charge in [-0.3, -0.25) is 4.21 Å². The predicted octanol–water partition coefficient (Wildman–Crippen LogP) is -6.04. The number of carbonyl (C=O) groups excluding carboxylic acids is 1. The third kappa shape index (κ3) is 5.18. The van der Waals surface area contributed by atoms with Crippen LogP contribution < -0.4 is 69.0 Å². The zero-order chi connectivity index (χ0) is 11.6. The Labute approximate surface area is 150 Å². The van der Waals surface area contributed by atoms with Crippen LogP contribution in [0.3, 0.4) is 0 Å². The van der Waals surface area contributed by atoms with E-state index in [2.05, 4.69) is 0 Å². The molecule has 0 aliphatic heterocycles. The van der Waals surface area contributed by atoms with Gasteiger partial charge < -0.3 is 19.2 Å². The van der Waals surface area contributed by atoms with Gasteiger partial charge in [0, 0.05) is 16.5 Å². The molecule has 0 aliphatic rings. The topological polar surface area (TPSA) is 89.5 Å². The van der Waals surface area contributed by atoms with E-state index in [9.17, 15) is 18.7 Å². The molecule has 0 N–H and O–H groups in total. The Bertz CT molecular complexity index is 440. The zero-order valence-corrected chi connectivity index (χ0v) is 15.1. The Hall–Kier alpha value is 0.890. The molecule has 17 heavy (non-hydrogen) atoms. The van der Waals surface area contributed by atoms with Gasteiger partial charge in [-0.2, -0.15) is 0 Å². The average Bonchev–Trinajstić information content (AvgIpc) is 2.16. The third-order valence-corrected chi connectivity index (χ3v) is 2.78. The molecule has 1 rings (SSSR count). The second-order valence-corrected chi connectivity index (χ2v) is 3.82. The molecular formula is C8H5ClNa2O5S. The molecule has 1 aromatic rings. The third-order valence-electron chi connectivity index (χ3n) is 1.65. The van der Waals surface area contributed by atoms with Crippen molar-refractivity contribution in [2.45, 2.75) is 4.90 Å². The normalized spacial score (nSPS) is 10.8. The molecule has 0 fully saturated rings. The first-order valence-corrected chi connectivity index (χ1v) is 5.10. The molecule has 0 saturated carbocycles. The van der Waals surface area contributed by atoms with Crippen molar-refractivity contribution in [1.82, 2.24) is 0 Å². The molecular weight excluding hydrogens is 290 g/mol. The number of hydrogen-bond acceptors (Lipinski definition) is 5. The summed E-state index contributed by atoms with van der Waals surface area (Å²) in [5.74, 6) is -1.58. The fraction of sp³-hybridized carbons (Fsp3) is 0.125. The molecule has 5 nitrogen and oxygen atoms in total. The number of benzene rings is 1. The van der Waals surface area contributed by atoms with Crippen molar-refractivity contribution in [1.29, 1.82) is 0 Å². The number of hydrogen-bond donors (Lipinski definition) is 0. The summed E-state index contributed by atoms with van der Waals surface area (Å²) in [7, 11) is 1.24. The molecule has 1 atom stereocenters. The van der Waals surface area contributed by atoms with Crippen LogP contribution in [0.2, 0.25) is 5.02 Å². The molecule has 0 amide bonds. The summed E-state index contributed by atoms with van der Waals surface area (Å²) in [6, 6.07) is 2.00. The Morgan fingerprint density at radius 3 is 2.29 bits per heavy atom. The van der Waals surface area contributed by atoms with E-state index in [1.165, 1.54) is 7.11 Å². The van der Waals surface area contributed by atoms with Crippen LogP contribution in [0.1, 0.15) is 10.4 Å². The largest absolute Gasteiger partial charge is 1.00 e. The van der Waals surface area contributed by atoms with Crippen LogP contribution in [0.25, 0.3) is 0 Å². The smallest absolute Gasteiger partial charge is 0.768 e. The molecule has 82 valence electrons. The van der Waals surface area contributed by atoms with Crippen molar-refractivity contribution in [3.05, 3.63) is 22.7 Å². The summed E-state index contributed by atoms with van der Waals surface area (Å²) in [5, 5.41) is 10.5. The van der Waals surface area contributed by atoms with Gasteiger partial charge in [-0.15, -0.1) is 0 Å². The Kier molecular flexibility index (Phi) is 10.6. The van der Waals surface area contributed by atoms with E-state index in [1.807, 2.05) is 0 Å². The number of carbonyl (C=O) groups is 1. The first-order chi connectivity index (χ1) is 6.97. The molecule has 0 spiro atoms. The summed E-state index contributed by atoms with van der Waals surface area (Å²) in [5.41, 5.74) is -0.360. The minimum Gasteiger partial charge on any atom is -0.768 e. The van der Waals surface area contributed by atoms with Gasteiger partial charge in [0.2, 0.25) is 0 Å². The van der Waals surface area contributed by atoms with Gasteiger partial charge in [-0.05, 0) is 17.1 Å². The molecule has 1 unspecified atom stereocenters. The Morgan fingerprint density at radius 1 is 1.41 bits per heavy atom. The fourth-order valence-corrected chi connectivity index (χ4v) is 1.77. The summed E-state index contributed by atoms with van der Waals surface area (Å²) < 4.78 is 26.0. The quantitative estimate of drug-likeness (QED) is 0.409. The van der Waals surface area contributed by atoms with E-state index in [4.69, 9.17) is 16.3 Å². The average molecular weight is 295 g/mol. The van der Waals surface area contributed by atoms with Crippen molar-refractivity contribution in [2.75, 3.05) is 7.11 Å². The number of carboxylic acid groups (broad SMARTS) is 1. The van der Waals surface area contributed by atoms with Crippen molar-refractivity contribution in [3.8, 4) is 5.75 Å². The van der Waals surface area contributed by atoms with E-state index in [0.29, 0.717) is 0 Å². The van der Waals surface area contributed by atoms with Gasteiger partial charge in [-0.25, -0.2) is 0 Å². The maximum absolute atomic E-state index is 10.7. The number of methoxy groups -OCH3 is 1. The minimum absolute atomic E-state index is 0. The maximum atomic E-state index is 10.7. The van der Waals surface area contributed by atoms with Crippen LogP contribution in [0, 0.1) is 0 Å². The van der Waals surface area contributed by atoms with Gasteiger partial charge in [-0.1, -0.05) is 11.6 Å². The molecule has 9 heteroatoms. The molecule has 0 aliphatic carbocycles. The maximum Gasteiger partial charge on any atom is 1.00 e. The monoisotopic (exact) mass is 294 g/mol. The van der Waals surface area contributed by atoms with E-state index < -0.39 is 17.0 Å². The summed E-state index contributed by atoms with van der Waals surface area (Å²) in [6.45, 7) is 0. The first kappa shape index (κ1) is 20.2. The predicted molar refractivity (Wildman–Crippen MR) is 49.5 cm³/mol. The number of carboxylic acids is 1. The van der Waals surface area contributed by atoms with Gasteiger partial charge in [0.05, 0.1) is 18.1 Å². The van der Waals surface area contributed by atoms with Gasteiger partial charge in [0.15, 0.2) is 0 Å². The molecule has 0 bridgehead atoms. The van der Waals surface area contributed by atoms with Gasteiger partial charge >= 0.3 is 59.1 Å². The van der Waals surface area contributed by atoms with Crippen molar-refractivity contribution >= 4 is 28.7 Å². The number of halogens is 1. The molecule has 0 heterocycles. The van der Waals surface area contributed by atoms with E-state index in [-0.39, 0.29) is 80.3 Å². The van der Waals surface area contributed by atoms with E-state index in [0.717, 1.165) is 12.1 Å². The van der Waals surface area contributed by atoms with Crippen LogP contribution in [-0.2, 0) is 11.1 Å². The van der Waals surface area contributed by atoms with Crippen molar-refractivity contribution in [3.63, 3.8) is 0 Å². The summed E-state index contributed by atoms with van der Waals surface area (Å²) >= 11 is 2.99. The number of rotatable bonds is 3. The van der Waals surface area contributed by atoms with Crippen molar-refractivity contribution < 1.29 is 82.5 Å². The van der Waals surface area contributed by atoms with Crippen LogP contribution >= 0.6 is 11.6 Å². The van der Waals surface area contributed by atoms with E-state index >= 15 is 0 Å². The number of aromatic carboxylic acids is 1. The van der Waals surface area contributed by atoms with Crippen LogP contribution in [-0.4, -0.2) is 21.8 Å². The standard InChI is InChI=1S/C8H7ClO5S.2Na/c1-14-6-3-5(9)7(15(12)13)2-4(6)8(10)11;;/h2-3H,1H3,(H,10,11)(H,12,13);;/q;2*+1/p-2. The van der Waals surface area contributed by atoms with Crippen LogP contribution in [0.15, 0.2) is 17.0 Å². The Morgan fingerprint density at radius 2 is 1.94 bits per heavy atom. The van der Waals surface area contributed by atoms with Crippen LogP contribution in [0.5, 0.6) is 5.75 Å². The van der Waals surface area contributed by atoms with Gasteiger partial charge in [0.25, 0.3) is 0 Å². The second kappa shape index (κ2) is 8.90. The molecule has 0 aromatic heterocycles. The van der Waals surface area contributed by atoms with Crippen LogP contribution in [0.4, 0.5) is 0 Å². The first-order valence-electron chi connectivity index (χ1n) is 3.65. The van der Waals surface area contributed by atoms with Crippen molar-refractivity contribution in [2.24, 2.45) is 0 Å². The summed E-state index contributed by atoms with van der Waals surface area (Å²) in [6.07, 6.45) is 0. The second-order valence-electron chi connectivity index (χ2n) is 2.51. The van der Waals surface area contributed by atoms with Gasteiger partial charge in [0.1, 0.15) is 5.75 Å². The minimum atomic E-state index is -2.61. The zero-order valence-electron chi connectivity index (χ0n) is 9.48. The number of ether oxygens (including phenoxy) is 1. The Balaban J connectivity index is 0. The molecule has 0 radical (unpaired) electrons. The molecule has 0 saturated heterocycles. The molecule has 1 aromatic carbocycles. The summed E-state index contributed by atoms with van der Waals surface area (Å²) in [4.78, 5) is 10.3. The fourth-order valence-electron chi connectivity index (χ4n) is 0.991.